The molecular formula is C19H32N2O2. The fraction of sp³-hybridized carbons (Fsp3) is 0.737. The second-order valence-corrected chi connectivity index (χ2v) is 6.66. The Labute approximate surface area is 140 Å². The number of hydrogen-bond donors (Lipinski definition) is 1. The first-order valence-electron chi connectivity index (χ1n) is 9.13. The van der Waals surface area contributed by atoms with Gasteiger partial charge in [0.25, 0.3) is 0 Å². The maximum absolute atomic E-state index is 11.8. The lowest BCUT2D eigenvalue weighted by Crippen LogP contribution is -2.34. The Bertz CT molecular complexity index is 494. The Morgan fingerprint density at radius 1 is 1.26 bits per heavy atom. The average molecular weight is 320 g/mol. The van der Waals surface area contributed by atoms with Crippen LogP contribution in [0, 0.1) is 5.92 Å². The van der Waals surface area contributed by atoms with Crippen molar-refractivity contribution in [1.29, 1.82) is 0 Å². The van der Waals surface area contributed by atoms with Gasteiger partial charge >= 0.3 is 5.97 Å². The SMILES string of the molecule is CCC1=C(C2=C(C)C(=O)OC2)CCCCC1CN(CC)CCN. The van der Waals surface area contributed by atoms with E-state index in [9.17, 15) is 4.79 Å². The Hall–Kier alpha value is -1.13. The molecular weight excluding hydrogens is 288 g/mol. The van der Waals surface area contributed by atoms with Crippen LogP contribution in [0.3, 0.4) is 0 Å². The second-order valence-electron chi connectivity index (χ2n) is 6.66. The van der Waals surface area contributed by atoms with Gasteiger partial charge in [0, 0.05) is 30.8 Å². The van der Waals surface area contributed by atoms with Crippen molar-refractivity contribution in [1.82, 2.24) is 4.90 Å². The van der Waals surface area contributed by atoms with Crippen LogP contribution in [0.2, 0.25) is 0 Å². The van der Waals surface area contributed by atoms with Crippen molar-refractivity contribution < 1.29 is 9.53 Å². The van der Waals surface area contributed by atoms with E-state index < -0.39 is 0 Å². The van der Waals surface area contributed by atoms with E-state index in [1.54, 1.807) is 5.57 Å². The molecule has 0 amide bonds. The number of esters is 1. The van der Waals surface area contributed by atoms with E-state index in [4.69, 9.17) is 10.5 Å². The minimum atomic E-state index is -0.137. The lowest BCUT2D eigenvalue weighted by atomic mass is 9.86. The summed E-state index contributed by atoms with van der Waals surface area (Å²) in [6.07, 6.45) is 5.87. The molecule has 0 spiro atoms. The van der Waals surface area contributed by atoms with Crippen LogP contribution in [0.4, 0.5) is 0 Å². The van der Waals surface area contributed by atoms with Gasteiger partial charge in [-0.2, -0.15) is 0 Å². The van der Waals surface area contributed by atoms with Crippen molar-refractivity contribution >= 4 is 5.97 Å². The summed E-state index contributed by atoms with van der Waals surface area (Å²) in [6, 6.07) is 0. The molecule has 1 atom stereocenters. The van der Waals surface area contributed by atoms with Gasteiger partial charge in [-0.3, -0.25) is 0 Å². The zero-order valence-electron chi connectivity index (χ0n) is 15.0. The van der Waals surface area contributed by atoms with E-state index in [0.717, 1.165) is 38.0 Å². The molecule has 0 saturated heterocycles. The Balaban J connectivity index is 2.31. The number of carbonyl (C=O) groups excluding carboxylic acids is 1. The average Bonchev–Trinajstić information content (AvgIpc) is 2.76. The molecule has 2 aliphatic rings. The van der Waals surface area contributed by atoms with Gasteiger partial charge in [0.05, 0.1) is 0 Å². The monoisotopic (exact) mass is 320 g/mol. The summed E-state index contributed by atoms with van der Waals surface area (Å²) in [7, 11) is 0. The number of carbonyl (C=O) groups is 1. The molecule has 2 N–H and O–H groups in total. The van der Waals surface area contributed by atoms with Gasteiger partial charge in [-0.25, -0.2) is 4.79 Å². The Morgan fingerprint density at radius 3 is 2.61 bits per heavy atom. The topological polar surface area (TPSA) is 55.6 Å². The van der Waals surface area contributed by atoms with E-state index in [2.05, 4.69) is 18.7 Å². The van der Waals surface area contributed by atoms with Crippen LogP contribution in [0.5, 0.6) is 0 Å². The molecule has 1 unspecified atom stereocenters. The lowest BCUT2D eigenvalue weighted by molar-refractivity contribution is -0.135. The Morgan fingerprint density at radius 2 is 2.04 bits per heavy atom. The maximum atomic E-state index is 11.8. The van der Waals surface area contributed by atoms with Gasteiger partial charge < -0.3 is 15.4 Å². The van der Waals surface area contributed by atoms with Crippen molar-refractivity contribution in [2.24, 2.45) is 11.7 Å². The molecule has 0 aromatic rings. The van der Waals surface area contributed by atoms with Crippen LogP contribution in [0.15, 0.2) is 22.3 Å². The van der Waals surface area contributed by atoms with Crippen molar-refractivity contribution in [3.8, 4) is 0 Å². The normalized spacial score (nSPS) is 22.8. The number of nitrogens with two attached hydrogens (primary N) is 1. The van der Waals surface area contributed by atoms with Gasteiger partial charge in [0.1, 0.15) is 6.61 Å². The largest absolute Gasteiger partial charge is 0.457 e. The highest BCUT2D eigenvalue weighted by atomic mass is 16.5. The smallest absolute Gasteiger partial charge is 0.334 e. The minimum Gasteiger partial charge on any atom is -0.457 e. The predicted octanol–water partition coefficient (Wildman–Crippen LogP) is 3.04. The zero-order valence-corrected chi connectivity index (χ0v) is 15.0. The molecule has 23 heavy (non-hydrogen) atoms. The number of hydrogen-bond acceptors (Lipinski definition) is 4. The molecule has 1 heterocycles. The number of cyclic esters (lactones) is 1. The first kappa shape index (κ1) is 18.2. The maximum Gasteiger partial charge on any atom is 0.334 e. The van der Waals surface area contributed by atoms with Gasteiger partial charge in [0.2, 0.25) is 0 Å². The third-order valence-electron chi connectivity index (χ3n) is 5.33. The third kappa shape index (κ3) is 4.24. The lowest BCUT2D eigenvalue weighted by Gasteiger charge is -2.28. The predicted molar refractivity (Wildman–Crippen MR) is 94.1 cm³/mol. The zero-order chi connectivity index (χ0) is 16.8. The molecule has 1 aliphatic carbocycles. The summed E-state index contributed by atoms with van der Waals surface area (Å²) in [5.41, 5.74) is 10.7. The molecule has 2 rings (SSSR count). The third-order valence-corrected chi connectivity index (χ3v) is 5.33. The molecule has 4 nitrogen and oxygen atoms in total. The van der Waals surface area contributed by atoms with Crippen LogP contribution in [0.25, 0.3) is 0 Å². The quantitative estimate of drug-likeness (QED) is 0.733. The standard InChI is InChI=1S/C19H32N2O2/c1-4-16-15(12-21(5-2)11-10-20)8-6-7-9-17(16)18-13-23-19(22)14(18)3/h15H,4-13,20H2,1-3H3. The summed E-state index contributed by atoms with van der Waals surface area (Å²) >= 11 is 0. The van der Waals surface area contributed by atoms with Gasteiger partial charge in [-0.05, 0) is 50.6 Å². The highest BCUT2D eigenvalue weighted by Crippen LogP contribution is 2.37. The highest BCUT2D eigenvalue weighted by Gasteiger charge is 2.29. The van der Waals surface area contributed by atoms with Crippen molar-refractivity contribution in [3.63, 3.8) is 0 Å². The molecule has 0 aromatic heterocycles. The summed E-state index contributed by atoms with van der Waals surface area (Å²) in [5.74, 6) is 0.446. The van der Waals surface area contributed by atoms with E-state index in [1.807, 2.05) is 6.92 Å². The molecule has 4 heteroatoms. The van der Waals surface area contributed by atoms with E-state index in [1.165, 1.54) is 30.4 Å². The first-order chi connectivity index (χ1) is 11.1. The minimum absolute atomic E-state index is 0.137. The van der Waals surface area contributed by atoms with E-state index >= 15 is 0 Å². The van der Waals surface area contributed by atoms with Crippen LogP contribution in [-0.2, 0) is 9.53 Å². The molecule has 0 aromatic carbocycles. The van der Waals surface area contributed by atoms with Crippen LogP contribution < -0.4 is 5.73 Å². The number of likely N-dealkylation sites (N-methyl/N-ethyl adjacent to an activating group) is 1. The molecule has 0 radical (unpaired) electrons. The Kier molecular flexibility index (Phi) is 6.85. The van der Waals surface area contributed by atoms with Crippen LogP contribution in [0.1, 0.15) is 52.9 Å². The van der Waals surface area contributed by atoms with Crippen LogP contribution >= 0.6 is 0 Å². The molecule has 0 fully saturated rings. The number of nitrogens with zero attached hydrogens (tertiary/aromatic N) is 1. The van der Waals surface area contributed by atoms with Gasteiger partial charge in [-0.1, -0.05) is 25.8 Å². The number of ether oxygens (including phenoxy) is 1. The van der Waals surface area contributed by atoms with E-state index in [-0.39, 0.29) is 5.97 Å². The van der Waals surface area contributed by atoms with Crippen molar-refractivity contribution in [2.75, 3.05) is 32.8 Å². The molecule has 0 bridgehead atoms. The van der Waals surface area contributed by atoms with Crippen molar-refractivity contribution in [3.05, 3.63) is 22.3 Å². The van der Waals surface area contributed by atoms with Crippen molar-refractivity contribution in [2.45, 2.75) is 52.9 Å². The fourth-order valence-corrected chi connectivity index (χ4v) is 3.99. The fourth-order valence-electron chi connectivity index (χ4n) is 3.99. The number of rotatable bonds is 7. The molecule has 0 saturated carbocycles. The van der Waals surface area contributed by atoms with Crippen LogP contribution in [-0.4, -0.2) is 43.7 Å². The highest BCUT2D eigenvalue weighted by molar-refractivity contribution is 5.92. The van der Waals surface area contributed by atoms with E-state index in [0.29, 0.717) is 19.1 Å². The molecule has 130 valence electrons. The summed E-state index contributed by atoms with van der Waals surface area (Å²) in [6.45, 7) is 10.6. The summed E-state index contributed by atoms with van der Waals surface area (Å²) < 4.78 is 5.27. The summed E-state index contributed by atoms with van der Waals surface area (Å²) in [4.78, 5) is 14.2. The van der Waals surface area contributed by atoms with Gasteiger partial charge in [0.15, 0.2) is 0 Å². The second kappa shape index (κ2) is 8.65. The van der Waals surface area contributed by atoms with Gasteiger partial charge in [-0.15, -0.1) is 0 Å². The molecule has 1 aliphatic heterocycles. The first-order valence-corrected chi connectivity index (χ1v) is 9.13. The summed E-state index contributed by atoms with van der Waals surface area (Å²) in [5, 5.41) is 0.